The smallest absolute Gasteiger partial charge is 0.343 e. The average Bonchev–Trinajstić information content (AvgIpc) is 3.40. The molecule has 0 atom stereocenters. The van der Waals surface area contributed by atoms with Crippen LogP contribution in [0, 0.1) is 0 Å². The van der Waals surface area contributed by atoms with Gasteiger partial charge in [0, 0.05) is 33.9 Å². The van der Waals surface area contributed by atoms with Gasteiger partial charge in [-0.1, -0.05) is 24.8 Å². The predicted octanol–water partition coefficient (Wildman–Crippen LogP) is 5.89. The second kappa shape index (κ2) is 7.45. The molecule has 1 saturated heterocycles. The number of esters is 1. The number of carbonyl (C=O) groups is 1. The molecule has 1 aliphatic rings. The lowest BCUT2D eigenvalue weighted by Gasteiger charge is -2.05. The summed E-state index contributed by atoms with van der Waals surface area (Å²) in [4.78, 5) is 13.9. The molecule has 29 heavy (non-hydrogen) atoms. The molecule has 1 aliphatic heterocycles. The van der Waals surface area contributed by atoms with Gasteiger partial charge in [-0.2, -0.15) is 0 Å². The maximum absolute atomic E-state index is 12.5. The van der Waals surface area contributed by atoms with Crippen molar-refractivity contribution in [2.24, 2.45) is 0 Å². The largest absolute Gasteiger partial charge is 0.423 e. The Kier molecular flexibility index (Phi) is 4.64. The minimum atomic E-state index is -0.342. The first-order valence-corrected chi connectivity index (χ1v) is 11.5. The van der Waals surface area contributed by atoms with Gasteiger partial charge in [-0.3, -0.25) is 0 Å². The van der Waals surface area contributed by atoms with Crippen molar-refractivity contribution in [1.29, 1.82) is 0 Å². The second-order valence-electron chi connectivity index (χ2n) is 7.27. The molecule has 0 amide bonds. The molecule has 5 rings (SSSR count). The lowest BCUT2D eigenvalue weighted by Crippen LogP contribution is -2.07. The second-order valence-corrected chi connectivity index (χ2v) is 9.55. The molecule has 2 heterocycles. The molecule has 4 aromatic rings. The molecule has 3 aromatic carbocycles. The minimum absolute atomic E-state index is 0.342. The third-order valence-corrected chi connectivity index (χ3v) is 8.00. The Morgan fingerprint density at radius 3 is 2.34 bits per heavy atom. The van der Waals surface area contributed by atoms with Crippen LogP contribution in [0.2, 0.25) is 0 Å². The first-order chi connectivity index (χ1) is 14.2. The summed E-state index contributed by atoms with van der Waals surface area (Å²) in [5, 5.41) is 2.28. The van der Waals surface area contributed by atoms with E-state index in [0.717, 1.165) is 16.4 Å². The number of carbonyl (C=O) groups excluding carboxylic acids is 1. The third kappa shape index (κ3) is 3.23. The van der Waals surface area contributed by atoms with Gasteiger partial charge in [0.2, 0.25) is 0 Å². The highest BCUT2D eigenvalue weighted by atomic mass is 32.2. The minimum Gasteiger partial charge on any atom is -0.423 e. The van der Waals surface area contributed by atoms with Crippen molar-refractivity contribution in [3.8, 4) is 5.75 Å². The SMILES string of the molecule is C=Cn1c2ccc(OC(=O)c3ccccc3)cc2c2cc([S+]3CCCC3)ccc21. The van der Waals surface area contributed by atoms with Crippen molar-refractivity contribution in [3.05, 3.63) is 78.9 Å². The van der Waals surface area contributed by atoms with Crippen LogP contribution in [0.3, 0.4) is 0 Å². The molecule has 1 fully saturated rings. The van der Waals surface area contributed by atoms with Crippen LogP contribution in [-0.2, 0) is 10.9 Å². The number of hydrogen-bond acceptors (Lipinski definition) is 2. The van der Waals surface area contributed by atoms with E-state index in [1.165, 1.54) is 34.6 Å². The van der Waals surface area contributed by atoms with E-state index < -0.39 is 0 Å². The van der Waals surface area contributed by atoms with E-state index in [-0.39, 0.29) is 5.97 Å². The van der Waals surface area contributed by atoms with E-state index in [0.29, 0.717) is 22.2 Å². The lowest BCUT2D eigenvalue weighted by atomic mass is 10.1. The van der Waals surface area contributed by atoms with Crippen molar-refractivity contribution < 1.29 is 9.53 Å². The van der Waals surface area contributed by atoms with Crippen LogP contribution in [0.1, 0.15) is 23.2 Å². The van der Waals surface area contributed by atoms with Gasteiger partial charge in [-0.15, -0.1) is 0 Å². The maximum Gasteiger partial charge on any atom is 0.343 e. The molecule has 4 heteroatoms. The van der Waals surface area contributed by atoms with E-state index in [1.807, 2.05) is 42.6 Å². The van der Waals surface area contributed by atoms with E-state index >= 15 is 0 Å². The zero-order valence-corrected chi connectivity index (χ0v) is 17.0. The topological polar surface area (TPSA) is 31.2 Å². The highest BCUT2D eigenvalue weighted by Crippen LogP contribution is 2.35. The summed E-state index contributed by atoms with van der Waals surface area (Å²) in [6.45, 7) is 3.99. The summed E-state index contributed by atoms with van der Waals surface area (Å²) < 4.78 is 7.76. The molecule has 0 radical (unpaired) electrons. The molecule has 0 bridgehead atoms. The van der Waals surface area contributed by atoms with Crippen LogP contribution < -0.4 is 4.74 Å². The summed E-state index contributed by atoms with van der Waals surface area (Å²) >= 11 is 0. The zero-order valence-electron chi connectivity index (χ0n) is 16.1. The Bertz CT molecular complexity index is 1220. The van der Waals surface area contributed by atoms with Crippen molar-refractivity contribution >= 4 is 44.9 Å². The summed E-state index contributed by atoms with van der Waals surface area (Å²) in [5.74, 6) is 2.81. The summed E-state index contributed by atoms with van der Waals surface area (Å²) in [6, 6.07) is 21.7. The Labute approximate surface area is 172 Å². The normalized spacial score (nSPS) is 14.5. The van der Waals surface area contributed by atoms with Crippen LogP contribution in [0.25, 0.3) is 28.0 Å². The van der Waals surface area contributed by atoms with Gasteiger partial charge in [0.25, 0.3) is 0 Å². The van der Waals surface area contributed by atoms with Crippen molar-refractivity contribution in [2.75, 3.05) is 11.5 Å². The van der Waals surface area contributed by atoms with E-state index in [1.54, 1.807) is 12.1 Å². The molecule has 0 aliphatic carbocycles. The fraction of sp³-hybridized carbons (Fsp3) is 0.160. The molecule has 144 valence electrons. The molecule has 3 nitrogen and oxygen atoms in total. The number of fused-ring (bicyclic) bond motifs is 3. The monoisotopic (exact) mass is 400 g/mol. The van der Waals surface area contributed by atoms with Crippen LogP contribution in [-0.4, -0.2) is 22.0 Å². The molecular formula is C25H22NO2S+. The van der Waals surface area contributed by atoms with E-state index in [4.69, 9.17) is 4.74 Å². The number of rotatable bonds is 4. The molecule has 0 spiro atoms. The quantitative estimate of drug-likeness (QED) is 0.243. The van der Waals surface area contributed by atoms with Crippen molar-refractivity contribution in [1.82, 2.24) is 4.57 Å². The van der Waals surface area contributed by atoms with Crippen LogP contribution in [0.4, 0.5) is 0 Å². The highest BCUT2D eigenvalue weighted by molar-refractivity contribution is 7.97. The first-order valence-electron chi connectivity index (χ1n) is 9.89. The molecule has 0 N–H and O–H groups in total. The van der Waals surface area contributed by atoms with Gasteiger partial charge in [0.15, 0.2) is 4.90 Å². The maximum atomic E-state index is 12.5. The fourth-order valence-corrected chi connectivity index (χ4v) is 6.41. The third-order valence-electron chi connectivity index (χ3n) is 5.51. The van der Waals surface area contributed by atoms with Crippen LogP contribution >= 0.6 is 0 Å². The predicted molar refractivity (Wildman–Crippen MR) is 122 cm³/mol. The van der Waals surface area contributed by atoms with E-state index in [2.05, 4.69) is 29.3 Å². The van der Waals surface area contributed by atoms with Gasteiger partial charge < -0.3 is 9.30 Å². The summed E-state index contributed by atoms with van der Waals surface area (Å²) in [6.07, 6.45) is 4.50. The standard InChI is InChI=1S/C25H22NO2S/c1-2-26-23-12-10-19(28-25(27)18-8-4-3-5-9-18)16-21(23)22-17-20(11-13-24(22)26)29-14-6-7-15-29/h2-5,8-13,16-17H,1,6-7,14-15H2/q+1. The Morgan fingerprint density at radius 1 is 0.931 bits per heavy atom. The van der Waals surface area contributed by atoms with Gasteiger partial charge in [0.05, 0.1) is 16.6 Å². The van der Waals surface area contributed by atoms with Gasteiger partial charge in [0.1, 0.15) is 17.3 Å². The first kappa shape index (κ1) is 18.1. The number of nitrogens with zero attached hydrogens (tertiary/aromatic N) is 1. The lowest BCUT2D eigenvalue weighted by molar-refractivity contribution is 0.0735. The fourth-order valence-electron chi connectivity index (χ4n) is 4.08. The summed E-state index contributed by atoms with van der Waals surface area (Å²) in [5.41, 5.74) is 2.75. The van der Waals surface area contributed by atoms with Crippen LogP contribution in [0.15, 0.2) is 78.2 Å². The number of hydrogen-bond donors (Lipinski definition) is 0. The van der Waals surface area contributed by atoms with Gasteiger partial charge in [-0.05, 0) is 55.3 Å². The Hall–Kier alpha value is -2.98. The average molecular weight is 401 g/mol. The van der Waals surface area contributed by atoms with Gasteiger partial charge in [-0.25, -0.2) is 4.79 Å². The van der Waals surface area contributed by atoms with Crippen molar-refractivity contribution in [3.63, 3.8) is 0 Å². The Balaban J connectivity index is 1.59. The van der Waals surface area contributed by atoms with Crippen LogP contribution in [0.5, 0.6) is 5.75 Å². The number of ether oxygens (including phenoxy) is 1. The van der Waals surface area contributed by atoms with E-state index in [9.17, 15) is 4.79 Å². The van der Waals surface area contributed by atoms with Crippen molar-refractivity contribution in [2.45, 2.75) is 17.7 Å². The number of aromatic nitrogens is 1. The highest BCUT2D eigenvalue weighted by Gasteiger charge is 2.27. The summed E-state index contributed by atoms with van der Waals surface area (Å²) in [7, 11) is 0.358. The molecule has 0 unspecified atom stereocenters. The zero-order chi connectivity index (χ0) is 19.8. The van der Waals surface area contributed by atoms with Gasteiger partial charge >= 0.3 is 5.97 Å². The number of benzene rings is 3. The Morgan fingerprint density at radius 2 is 1.62 bits per heavy atom. The molecule has 1 aromatic heterocycles. The molecular weight excluding hydrogens is 378 g/mol. The molecule has 0 saturated carbocycles.